The van der Waals surface area contributed by atoms with Gasteiger partial charge in [-0.2, -0.15) is 11.8 Å². The van der Waals surface area contributed by atoms with Crippen molar-refractivity contribution in [3.05, 3.63) is 0 Å². The van der Waals surface area contributed by atoms with Crippen LogP contribution in [-0.4, -0.2) is 22.6 Å². The molecule has 0 aliphatic heterocycles. The van der Waals surface area contributed by atoms with Gasteiger partial charge in [0.1, 0.15) is 0 Å². The van der Waals surface area contributed by atoms with Crippen LogP contribution in [0.25, 0.3) is 0 Å². The second-order valence-corrected chi connectivity index (χ2v) is 3.33. The Bertz CT molecular complexity index is 93.6. The standard InChI is InChI=1S/C7H14O2S/c1-2-3-5-10-6-4-7(8)9/h2-6H2,1H3,(H,8,9). The van der Waals surface area contributed by atoms with E-state index in [1.807, 2.05) is 0 Å². The van der Waals surface area contributed by atoms with Gasteiger partial charge in [0.25, 0.3) is 0 Å². The van der Waals surface area contributed by atoms with Crippen molar-refractivity contribution in [3.63, 3.8) is 0 Å². The Balaban J connectivity index is 2.84. The highest BCUT2D eigenvalue weighted by Crippen LogP contribution is 2.05. The quantitative estimate of drug-likeness (QED) is 0.607. The van der Waals surface area contributed by atoms with Crippen molar-refractivity contribution >= 4 is 17.7 Å². The van der Waals surface area contributed by atoms with E-state index in [1.165, 1.54) is 12.8 Å². The smallest absolute Gasteiger partial charge is 0.304 e. The van der Waals surface area contributed by atoms with Gasteiger partial charge in [-0.25, -0.2) is 0 Å². The van der Waals surface area contributed by atoms with Gasteiger partial charge in [-0.15, -0.1) is 0 Å². The van der Waals surface area contributed by atoms with Crippen LogP contribution < -0.4 is 0 Å². The molecule has 0 fully saturated rings. The molecular weight excluding hydrogens is 148 g/mol. The number of carboxylic acids is 1. The predicted molar refractivity (Wildman–Crippen MR) is 44.5 cm³/mol. The van der Waals surface area contributed by atoms with Gasteiger partial charge in [0.05, 0.1) is 6.42 Å². The molecule has 10 heavy (non-hydrogen) atoms. The Labute approximate surface area is 66.0 Å². The largest absolute Gasteiger partial charge is 0.481 e. The van der Waals surface area contributed by atoms with Crippen molar-refractivity contribution in [2.75, 3.05) is 11.5 Å². The number of thioether (sulfide) groups is 1. The van der Waals surface area contributed by atoms with Gasteiger partial charge in [0.15, 0.2) is 0 Å². The minimum atomic E-state index is -0.691. The van der Waals surface area contributed by atoms with Crippen molar-refractivity contribution in [2.45, 2.75) is 26.2 Å². The zero-order valence-corrected chi connectivity index (χ0v) is 7.12. The molecule has 1 N–H and O–H groups in total. The predicted octanol–water partition coefficient (Wildman–Crippen LogP) is 1.99. The van der Waals surface area contributed by atoms with E-state index >= 15 is 0 Å². The Morgan fingerprint density at radius 3 is 2.70 bits per heavy atom. The van der Waals surface area contributed by atoms with Crippen LogP contribution >= 0.6 is 11.8 Å². The van der Waals surface area contributed by atoms with E-state index in [0.717, 1.165) is 11.5 Å². The summed E-state index contributed by atoms with van der Waals surface area (Å²) in [6, 6.07) is 0. The lowest BCUT2D eigenvalue weighted by molar-refractivity contribution is -0.136. The van der Waals surface area contributed by atoms with Crippen LogP contribution in [0.3, 0.4) is 0 Å². The van der Waals surface area contributed by atoms with Gasteiger partial charge >= 0.3 is 5.97 Å². The minimum Gasteiger partial charge on any atom is -0.481 e. The molecular formula is C7H14O2S. The molecule has 0 saturated carbocycles. The lowest BCUT2D eigenvalue weighted by atomic mass is 10.4. The molecule has 3 heteroatoms. The molecule has 0 amide bonds. The zero-order chi connectivity index (χ0) is 7.82. The molecule has 0 atom stereocenters. The third kappa shape index (κ3) is 7.82. The van der Waals surface area contributed by atoms with E-state index < -0.39 is 5.97 Å². The fraction of sp³-hybridized carbons (Fsp3) is 0.857. The molecule has 0 aromatic rings. The number of carboxylic acid groups (broad SMARTS) is 1. The maximum Gasteiger partial charge on any atom is 0.304 e. The van der Waals surface area contributed by atoms with E-state index in [4.69, 9.17) is 5.11 Å². The van der Waals surface area contributed by atoms with Crippen LogP contribution in [0, 0.1) is 0 Å². The molecule has 60 valence electrons. The van der Waals surface area contributed by atoms with E-state index in [2.05, 4.69) is 6.92 Å². The first-order chi connectivity index (χ1) is 4.77. The molecule has 0 heterocycles. The zero-order valence-electron chi connectivity index (χ0n) is 6.30. The highest BCUT2D eigenvalue weighted by atomic mass is 32.2. The molecule has 0 saturated heterocycles. The first-order valence-electron chi connectivity index (χ1n) is 3.57. The van der Waals surface area contributed by atoms with Crippen LogP contribution in [0.1, 0.15) is 26.2 Å². The van der Waals surface area contributed by atoms with Gasteiger partial charge in [-0.05, 0) is 12.2 Å². The van der Waals surface area contributed by atoms with Crippen LogP contribution in [0.15, 0.2) is 0 Å². The van der Waals surface area contributed by atoms with Crippen molar-refractivity contribution in [2.24, 2.45) is 0 Å². The second-order valence-electron chi connectivity index (χ2n) is 2.11. The average Bonchev–Trinajstić information content (AvgIpc) is 1.87. The fourth-order valence-corrected chi connectivity index (χ4v) is 1.52. The van der Waals surface area contributed by atoms with Crippen LogP contribution in [0.5, 0.6) is 0 Å². The molecule has 0 rings (SSSR count). The molecule has 0 spiro atoms. The fourth-order valence-electron chi connectivity index (χ4n) is 0.508. The minimum absolute atomic E-state index is 0.300. The summed E-state index contributed by atoms with van der Waals surface area (Å²) < 4.78 is 0. The van der Waals surface area contributed by atoms with Crippen LogP contribution in [-0.2, 0) is 4.79 Å². The summed E-state index contributed by atoms with van der Waals surface area (Å²) in [5.41, 5.74) is 0. The normalized spacial score (nSPS) is 9.70. The van der Waals surface area contributed by atoms with Crippen molar-refractivity contribution in [1.29, 1.82) is 0 Å². The highest BCUT2D eigenvalue weighted by Gasteiger charge is 1.94. The van der Waals surface area contributed by atoms with Gasteiger partial charge in [0, 0.05) is 5.75 Å². The first kappa shape index (κ1) is 9.82. The number of hydrogen-bond donors (Lipinski definition) is 1. The number of aliphatic carboxylic acids is 1. The Hall–Kier alpha value is -0.180. The summed E-state index contributed by atoms with van der Waals surface area (Å²) in [4.78, 5) is 10.0. The molecule has 0 aliphatic carbocycles. The summed E-state index contributed by atoms with van der Waals surface area (Å²) >= 11 is 1.73. The molecule has 2 nitrogen and oxygen atoms in total. The second kappa shape index (κ2) is 6.93. The van der Waals surface area contributed by atoms with Gasteiger partial charge in [0.2, 0.25) is 0 Å². The Morgan fingerprint density at radius 1 is 1.50 bits per heavy atom. The lowest BCUT2D eigenvalue weighted by Crippen LogP contribution is -1.96. The third-order valence-electron chi connectivity index (χ3n) is 1.10. The van der Waals surface area contributed by atoms with Crippen LogP contribution in [0.2, 0.25) is 0 Å². The maximum absolute atomic E-state index is 10.0. The first-order valence-corrected chi connectivity index (χ1v) is 4.72. The lowest BCUT2D eigenvalue weighted by Gasteiger charge is -1.95. The number of hydrogen-bond acceptors (Lipinski definition) is 2. The van der Waals surface area contributed by atoms with E-state index in [9.17, 15) is 4.79 Å². The topological polar surface area (TPSA) is 37.3 Å². The maximum atomic E-state index is 10.0. The summed E-state index contributed by atoms with van der Waals surface area (Å²) in [5, 5.41) is 8.26. The third-order valence-corrected chi connectivity index (χ3v) is 2.17. The van der Waals surface area contributed by atoms with Crippen molar-refractivity contribution in [1.82, 2.24) is 0 Å². The van der Waals surface area contributed by atoms with Gasteiger partial charge in [-0.3, -0.25) is 4.79 Å². The van der Waals surface area contributed by atoms with E-state index in [1.54, 1.807) is 11.8 Å². The Kier molecular flexibility index (Phi) is 6.81. The summed E-state index contributed by atoms with van der Waals surface area (Å²) in [5.74, 6) is 1.17. The number of carbonyl (C=O) groups is 1. The van der Waals surface area contributed by atoms with E-state index in [-0.39, 0.29) is 0 Å². The highest BCUT2D eigenvalue weighted by molar-refractivity contribution is 7.99. The van der Waals surface area contributed by atoms with Crippen molar-refractivity contribution < 1.29 is 9.90 Å². The summed E-state index contributed by atoms with van der Waals surface area (Å²) in [6.07, 6.45) is 2.69. The average molecular weight is 162 g/mol. The number of rotatable bonds is 6. The SMILES string of the molecule is CCCCSCCC(=O)O. The molecule has 0 radical (unpaired) electrons. The van der Waals surface area contributed by atoms with Crippen molar-refractivity contribution in [3.8, 4) is 0 Å². The van der Waals surface area contributed by atoms with E-state index in [0.29, 0.717) is 6.42 Å². The molecule has 0 bridgehead atoms. The summed E-state index contributed by atoms with van der Waals surface area (Å²) in [7, 11) is 0. The molecule has 0 aromatic heterocycles. The Morgan fingerprint density at radius 2 is 2.20 bits per heavy atom. The molecule has 0 unspecified atom stereocenters. The van der Waals surface area contributed by atoms with Crippen LogP contribution in [0.4, 0.5) is 0 Å². The molecule has 0 aromatic carbocycles. The van der Waals surface area contributed by atoms with Gasteiger partial charge in [-0.1, -0.05) is 13.3 Å². The summed E-state index contributed by atoms with van der Waals surface area (Å²) in [6.45, 7) is 2.14. The molecule has 0 aliphatic rings. The number of unbranched alkanes of at least 4 members (excludes halogenated alkanes) is 1. The van der Waals surface area contributed by atoms with Gasteiger partial charge < -0.3 is 5.11 Å². The monoisotopic (exact) mass is 162 g/mol.